The van der Waals surface area contributed by atoms with Crippen molar-refractivity contribution in [1.29, 1.82) is 0 Å². The van der Waals surface area contributed by atoms with Gasteiger partial charge in [0.2, 0.25) is 0 Å². The minimum atomic E-state index is 0.721. The zero-order valence-corrected chi connectivity index (χ0v) is 11.6. The molecule has 5 nitrogen and oxygen atoms in total. The summed E-state index contributed by atoms with van der Waals surface area (Å²) in [6, 6.07) is 10.2. The molecule has 2 N–H and O–H groups in total. The Balaban J connectivity index is 1.83. The summed E-state index contributed by atoms with van der Waals surface area (Å²) in [5.41, 5.74) is 3.29. The molecule has 1 aromatic carbocycles. The molecule has 5 heteroatoms. The van der Waals surface area contributed by atoms with Crippen LogP contribution in [0.3, 0.4) is 0 Å². The van der Waals surface area contributed by atoms with Crippen LogP contribution in [0.4, 0.5) is 5.69 Å². The van der Waals surface area contributed by atoms with Gasteiger partial charge in [-0.2, -0.15) is 5.10 Å². The Morgan fingerprint density at radius 2 is 2.10 bits per heavy atom. The lowest BCUT2D eigenvalue weighted by Gasteiger charge is -2.09. The molecule has 0 spiro atoms. The third-order valence-corrected chi connectivity index (χ3v) is 3.14. The third-order valence-electron chi connectivity index (χ3n) is 3.14. The molecule has 0 saturated carbocycles. The van der Waals surface area contributed by atoms with Crippen molar-refractivity contribution in [1.82, 2.24) is 19.7 Å². The summed E-state index contributed by atoms with van der Waals surface area (Å²) in [4.78, 5) is 4.39. The number of para-hydroxylation sites is 1. The number of hydrogen-bond acceptors (Lipinski definition) is 3. The van der Waals surface area contributed by atoms with Crippen molar-refractivity contribution in [3.8, 4) is 11.4 Å². The van der Waals surface area contributed by atoms with E-state index in [9.17, 15) is 0 Å². The van der Waals surface area contributed by atoms with E-state index in [-0.39, 0.29) is 0 Å². The van der Waals surface area contributed by atoms with Gasteiger partial charge in [-0.15, -0.1) is 0 Å². The van der Waals surface area contributed by atoms with Gasteiger partial charge in [0, 0.05) is 37.2 Å². The number of nitrogens with one attached hydrogen (secondary N) is 2. The Labute approximate surface area is 117 Å². The van der Waals surface area contributed by atoms with Crippen LogP contribution in [0.25, 0.3) is 11.4 Å². The van der Waals surface area contributed by atoms with Gasteiger partial charge in [-0.25, -0.2) is 4.98 Å². The van der Waals surface area contributed by atoms with Gasteiger partial charge in [0.05, 0.1) is 0 Å². The third kappa shape index (κ3) is 2.56. The van der Waals surface area contributed by atoms with E-state index in [2.05, 4.69) is 32.8 Å². The second-order valence-corrected chi connectivity index (χ2v) is 4.83. The van der Waals surface area contributed by atoms with E-state index in [1.54, 1.807) is 0 Å². The smallest absolute Gasteiger partial charge is 0.183 e. The normalized spacial score (nSPS) is 10.7. The summed E-state index contributed by atoms with van der Waals surface area (Å²) >= 11 is 0. The van der Waals surface area contributed by atoms with E-state index in [1.165, 1.54) is 5.56 Å². The Morgan fingerprint density at radius 1 is 1.25 bits per heavy atom. The van der Waals surface area contributed by atoms with Crippen molar-refractivity contribution in [2.24, 2.45) is 7.05 Å². The maximum absolute atomic E-state index is 4.39. The first-order valence-electron chi connectivity index (χ1n) is 6.55. The summed E-state index contributed by atoms with van der Waals surface area (Å²) in [6.07, 6.45) is 4.15. The van der Waals surface area contributed by atoms with E-state index >= 15 is 0 Å². The molecule has 2 aromatic heterocycles. The van der Waals surface area contributed by atoms with Crippen molar-refractivity contribution in [3.63, 3.8) is 0 Å². The van der Waals surface area contributed by atoms with Crippen LogP contribution >= 0.6 is 0 Å². The fraction of sp³-hybridized carbons (Fsp3) is 0.200. The number of nitrogens with zero attached hydrogens (tertiary/aromatic N) is 3. The zero-order valence-electron chi connectivity index (χ0n) is 11.6. The first-order valence-corrected chi connectivity index (χ1v) is 6.55. The van der Waals surface area contributed by atoms with Crippen molar-refractivity contribution < 1.29 is 0 Å². The summed E-state index contributed by atoms with van der Waals surface area (Å²) in [5.74, 6) is 1.54. The van der Waals surface area contributed by atoms with Crippen molar-refractivity contribution >= 4 is 5.69 Å². The van der Waals surface area contributed by atoms with E-state index in [0.29, 0.717) is 0 Å². The van der Waals surface area contributed by atoms with Crippen LogP contribution in [0.15, 0.2) is 42.7 Å². The van der Waals surface area contributed by atoms with Crippen molar-refractivity contribution in [2.75, 3.05) is 5.32 Å². The average Bonchev–Trinajstić information content (AvgIpc) is 3.06. The molecule has 2 heterocycles. The topological polar surface area (TPSA) is 58.5 Å². The lowest BCUT2D eigenvalue weighted by atomic mass is 10.1. The number of aromatic amines is 1. The standard InChI is InChI=1S/C15H17N5/c1-11-17-15(19-18-11)13-5-3-4-6-14(13)16-9-12-7-8-20(2)10-12/h3-8,10,16H,9H2,1-2H3,(H,17,18,19). The van der Waals surface area contributed by atoms with Gasteiger partial charge in [-0.1, -0.05) is 12.1 Å². The van der Waals surface area contributed by atoms with E-state index in [0.717, 1.165) is 29.4 Å². The highest BCUT2D eigenvalue weighted by molar-refractivity contribution is 5.73. The second kappa shape index (κ2) is 5.21. The fourth-order valence-corrected chi connectivity index (χ4v) is 2.16. The minimum absolute atomic E-state index is 0.721. The number of H-pyrrole nitrogens is 1. The number of aryl methyl sites for hydroxylation is 2. The van der Waals surface area contributed by atoms with E-state index < -0.39 is 0 Å². The first-order chi connectivity index (χ1) is 9.72. The van der Waals surface area contributed by atoms with Crippen LogP contribution in [0.1, 0.15) is 11.4 Å². The Kier molecular flexibility index (Phi) is 3.25. The van der Waals surface area contributed by atoms with Gasteiger partial charge in [0.1, 0.15) is 5.82 Å². The number of hydrogen-bond donors (Lipinski definition) is 2. The molecule has 0 aliphatic carbocycles. The molecule has 3 rings (SSSR count). The molecule has 3 aromatic rings. The van der Waals surface area contributed by atoms with Gasteiger partial charge in [0.25, 0.3) is 0 Å². The predicted molar refractivity (Wildman–Crippen MR) is 79.3 cm³/mol. The minimum Gasteiger partial charge on any atom is -0.380 e. The molecular weight excluding hydrogens is 250 g/mol. The van der Waals surface area contributed by atoms with Crippen LogP contribution in [-0.4, -0.2) is 19.7 Å². The number of benzene rings is 1. The molecule has 0 unspecified atom stereocenters. The quantitative estimate of drug-likeness (QED) is 0.764. The van der Waals surface area contributed by atoms with E-state index in [4.69, 9.17) is 0 Å². The monoisotopic (exact) mass is 267 g/mol. The van der Waals surface area contributed by atoms with Crippen LogP contribution in [0.5, 0.6) is 0 Å². The molecule has 0 amide bonds. The molecule has 0 aliphatic heterocycles. The largest absolute Gasteiger partial charge is 0.380 e. The van der Waals surface area contributed by atoms with Gasteiger partial charge in [-0.05, 0) is 30.7 Å². The predicted octanol–water partition coefficient (Wildman–Crippen LogP) is 2.73. The molecular formula is C15H17N5. The molecule has 0 radical (unpaired) electrons. The summed E-state index contributed by atoms with van der Waals surface area (Å²) in [7, 11) is 2.02. The highest BCUT2D eigenvalue weighted by Gasteiger charge is 2.08. The highest BCUT2D eigenvalue weighted by Crippen LogP contribution is 2.25. The number of rotatable bonds is 4. The van der Waals surface area contributed by atoms with Crippen LogP contribution in [-0.2, 0) is 13.6 Å². The van der Waals surface area contributed by atoms with Gasteiger partial charge in [0.15, 0.2) is 5.82 Å². The molecule has 0 aliphatic rings. The number of anilines is 1. The molecule has 20 heavy (non-hydrogen) atoms. The van der Waals surface area contributed by atoms with Gasteiger partial charge in [-0.3, -0.25) is 5.10 Å². The first kappa shape index (κ1) is 12.5. The lowest BCUT2D eigenvalue weighted by molar-refractivity contribution is 0.920. The van der Waals surface area contributed by atoms with Gasteiger partial charge < -0.3 is 9.88 Å². The zero-order chi connectivity index (χ0) is 13.9. The Morgan fingerprint density at radius 3 is 2.80 bits per heavy atom. The van der Waals surface area contributed by atoms with Crippen molar-refractivity contribution in [2.45, 2.75) is 13.5 Å². The van der Waals surface area contributed by atoms with Crippen molar-refractivity contribution in [3.05, 3.63) is 54.1 Å². The Bertz CT molecular complexity index is 710. The maximum atomic E-state index is 4.39. The summed E-state index contributed by atoms with van der Waals surface area (Å²) in [5, 5.41) is 10.5. The molecule has 0 atom stereocenters. The van der Waals surface area contributed by atoms with Crippen LogP contribution in [0.2, 0.25) is 0 Å². The molecule has 0 bridgehead atoms. The molecule has 0 fully saturated rings. The second-order valence-electron chi connectivity index (χ2n) is 4.83. The maximum Gasteiger partial charge on any atom is 0.183 e. The molecule has 0 saturated heterocycles. The number of aromatic nitrogens is 4. The molecule has 102 valence electrons. The highest BCUT2D eigenvalue weighted by atomic mass is 15.2. The van der Waals surface area contributed by atoms with E-state index in [1.807, 2.05) is 49.0 Å². The summed E-state index contributed by atoms with van der Waals surface area (Å²) in [6.45, 7) is 2.68. The average molecular weight is 267 g/mol. The van der Waals surface area contributed by atoms with Gasteiger partial charge >= 0.3 is 0 Å². The SMILES string of the molecule is Cc1nc(-c2ccccc2NCc2ccn(C)c2)n[nH]1. The van der Waals surface area contributed by atoms with Crippen LogP contribution < -0.4 is 5.32 Å². The Hall–Kier alpha value is -2.56. The summed E-state index contributed by atoms with van der Waals surface area (Å²) < 4.78 is 2.04. The fourth-order valence-electron chi connectivity index (χ4n) is 2.16. The van der Waals surface area contributed by atoms with Crippen LogP contribution in [0, 0.1) is 6.92 Å². The lowest BCUT2D eigenvalue weighted by Crippen LogP contribution is -2.00.